The van der Waals surface area contributed by atoms with Gasteiger partial charge in [-0.25, -0.2) is 13.2 Å². The van der Waals surface area contributed by atoms with E-state index >= 15 is 0 Å². The number of hydrogen-bond acceptors (Lipinski definition) is 5. The molecule has 0 saturated carbocycles. The SMILES string of the molecule is COC(=O)c1ccc(OCC(NS(=O)(=O)c2c(C)cc(C)cc2C)C(F)(F)F)cc1. The topological polar surface area (TPSA) is 81.7 Å². The molecule has 2 aromatic rings. The number of alkyl halides is 3. The van der Waals surface area contributed by atoms with E-state index in [0.29, 0.717) is 11.1 Å². The molecule has 0 aliphatic carbocycles. The number of sulfonamides is 1. The van der Waals surface area contributed by atoms with Crippen molar-refractivity contribution in [2.24, 2.45) is 0 Å². The molecule has 0 radical (unpaired) electrons. The number of aryl methyl sites for hydroxylation is 3. The molecule has 0 aliphatic rings. The molecule has 1 atom stereocenters. The lowest BCUT2D eigenvalue weighted by molar-refractivity contribution is -0.157. The lowest BCUT2D eigenvalue weighted by atomic mass is 10.1. The van der Waals surface area contributed by atoms with Crippen LogP contribution in [0.3, 0.4) is 0 Å². The second kappa shape index (κ2) is 9.05. The molecular formula is C20H22F3NO5S. The first-order valence-corrected chi connectivity index (χ1v) is 10.3. The van der Waals surface area contributed by atoms with Crippen molar-refractivity contribution in [2.75, 3.05) is 13.7 Å². The highest BCUT2D eigenvalue weighted by Gasteiger charge is 2.43. The molecule has 0 aliphatic heterocycles. The first-order valence-electron chi connectivity index (χ1n) is 8.83. The van der Waals surface area contributed by atoms with Crippen LogP contribution in [0.15, 0.2) is 41.3 Å². The Hall–Kier alpha value is -2.59. The van der Waals surface area contributed by atoms with Crippen molar-refractivity contribution in [3.8, 4) is 5.75 Å². The van der Waals surface area contributed by atoms with Crippen molar-refractivity contribution < 1.29 is 35.9 Å². The third-order valence-corrected chi connectivity index (χ3v) is 6.03. The van der Waals surface area contributed by atoms with E-state index in [4.69, 9.17) is 4.74 Å². The Bertz CT molecular complexity index is 995. The summed E-state index contributed by atoms with van der Waals surface area (Å²) >= 11 is 0. The van der Waals surface area contributed by atoms with Crippen LogP contribution in [0.1, 0.15) is 27.0 Å². The Kier molecular flexibility index (Phi) is 7.14. The number of halogens is 3. The van der Waals surface area contributed by atoms with E-state index in [-0.39, 0.29) is 16.2 Å². The number of carbonyl (C=O) groups is 1. The van der Waals surface area contributed by atoms with E-state index in [1.807, 2.05) is 0 Å². The predicted molar refractivity (Wildman–Crippen MR) is 104 cm³/mol. The molecule has 0 spiro atoms. The van der Waals surface area contributed by atoms with Gasteiger partial charge >= 0.3 is 12.1 Å². The number of benzene rings is 2. The molecule has 2 aromatic carbocycles. The van der Waals surface area contributed by atoms with Gasteiger partial charge in [0.2, 0.25) is 10.0 Å². The van der Waals surface area contributed by atoms with E-state index in [1.54, 1.807) is 23.8 Å². The Morgan fingerprint density at radius 2 is 1.60 bits per heavy atom. The number of rotatable bonds is 7. The monoisotopic (exact) mass is 445 g/mol. The average molecular weight is 445 g/mol. The van der Waals surface area contributed by atoms with Gasteiger partial charge in [0.1, 0.15) is 12.4 Å². The largest absolute Gasteiger partial charge is 0.492 e. The van der Waals surface area contributed by atoms with E-state index < -0.39 is 34.8 Å². The van der Waals surface area contributed by atoms with Gasteiger partial charge in [-0.15, -0.1) is 0 Å². The molecule has 0 fully saturated rings. The van der Waals surface area contributed by atoms with Crippen LogP contribution < -0.4 is 9.46 Å². The zero-order valence-corrected chi connectivity index (χ0v) is 17.6. The summed E-state index contributed by atoms with van der Waals surface area (Å²) in [5.74, 6) is -0.565. The van der Waals surface area contributed by atoms with Crippen LogP contribution in [-0.4, -0.2) is 40.3 Å². The number of nitrogens with one attached hydrogen (secondary N) is 1. The highest BCUT2D eigenvalue weighted by atomic mass is 32.2. The molecule has 1 unspecified atom stereocenters. The van der Waals surface area contributed by atoms with Gasteiger partial charge in [0, 0.05) is 0 Å². The van der Waals surface area contributed by atoms with Gasteiger partial charge in [0.05, 0.1) is 17.6 Å². The molecule has 0 amide bonds. The van der Waals surface area contributed by atoms with Crippen LogP contribution in [0.2, 0.25) is 0 Å². The number of methoxy groups -OCH3 is 1. The standard InChI is InChI=1S/C20H22F3NO5S/c1-12-9-13(2)18(14(3)10-12)30(26,27)24-17(20(21,22)23)11-29-16-7-5-15(6-8-16)19(25)28-4/h5-10,17,24H,11H2,1-4H3. The Balaban J connectivity index is 2.22. The van der Waals surface area contributed by atoms with Crippen molar-refractivity contribution in [2.45, 2.75) is 37.9 Å². The second-order valence-corrected chi connectivity index (χ2v) is 8.42. The highest BCUT2D eigenvalue weighted by molar-refractivity contribution is 7.89. The van der Waals surface area contributed by atoms with Crippen molar-refractivity contribution in [1.82, 2.24) is 4.72 Å². The normalized spacial score (nSPS) is 13.0. The van der Waals surface area contributed by atoms with Gasteiger partial charge in [-0.05, 0) is 56.2 Å². The maximum Gasteiger partial charge on any atom is 0.408 e. The quantitative estimate of drug-likeness (QED) is 0.658. The fraction of sp³-hybridized carbons (Fsp3) is 0.350. The minimum Gasteiger partial charge on any atom is -0.492 e. The van der Waals surface area contributed by atoms with Crippen molar-refractivity contribution in [1.29, 1.82) is 0 Å². The first kappa shape index (κ1) is 23.7. The van der Waals surface area contributed by atoms with Gasteiger partial charge in [0.15, 0.2) is 6.04 Å². The molecule has 30 heavy (non-hydrogen) atoms. The van der Waals surface area contributed by atoms with Gasteiger partial charge in [-0.2, -0.15) is 17.9 Å². The smallest absolute Gasteiger partial charge is 0.408 e. The van der Waals surface area contributed by atoms with Crippen molar-refractivity contribution in [3.05, 3.63) is 58.7 Å². The minimum atomic E-state index is -4.88. The van der Waals surface area contributed by atoms with E-state index in [2.05, 4.69) is 4.74 Å². The summed E-state index contributed by atoms with van der Waals surface area (Å²) in [5, 5.41) is 0. The van der Waals surface area contributed by atoms with Crippen LogP contribution in [0, 0.1) is 20.8 Å². The molecule has 6 nitrogen and oxygen atoms in total. The zero-order valence-electron chi connectivity index (χ0n) is 16.8. The maximum absolute atomic E-state index is 13.5. The summed E-state index contributed by atoms with van der Waals surface area (Å²) in [6, 6.07) is 5.94. The molecule has 10 heteroatoms. The van der Waals surface area contributed by atoms with E-state index in [0.717, 1.165) is 5.56 Å². The van der Waals surface area contributed by atoms with Crippen molar-refractivity contribution >= 4 is 16.0 Å². The fourth-order valence-electron chi connectivity index (χ4n) is 3.02. The summed E-state index contributed by atoms with van der Waals surface area (Å²) in [6.07, 6.45) is -4.88. The third kappa shape index (κ3) is 5.73. The van der Waals surface area contributed by atoms with Crippen LogP contribution >= 0.6 is 0 Å². The van der Waals surface area contributed by atoms with Gasteiger partial charge in [0.25, 0.3) is 0 Å². The van der Waals surface area contributed by atoms with E-state index in [9.17, 15) is 26.4 Å². The van der Waals surface area contributed by atoms with Gasteiger partial charge < -0.3 is 9.47 Å². The molecule has 164 valence electrons. The Morgan fingerprint density at radius 1 is 1.07 bits per heavy atom. The molecule has 0 heterocycles. The third-order valence-electron chi connectivity index (χ3n) is 4.26. The van der Waals surface area contributed by atoms with Crippen LogP contribution in [0.4, 0.5) is 13.2 Å². The molecular weight excluding hydrogens is 423 g/mol. The molecule has 1 N–H and O–H groups in total. The number of hydrogen-bond donors (Lipinski definition) is 1. The van der Waals surface area contributed by atoms with Crippen LogP contribution in [0.5, 0.6) is 5.75 Å². The number of ether oxygens (including phenoxy) is 2. The average Bonchev–Trinajstić information content (AvgIpc) is 2.62. The number of carbonyl (C=O) groups excluding carboxylic acids is 1. The summed E-state index contributed by atoms with van der Waals surface area (Å²) in [6.45, 7) is 3.83. The summed E-state index contributed by atoms with van der Waals surface area (Å²) in [4.78, 5) is 11.2. The summed E-state index contributed by atoms with van der Waals surface area (Å²) in [7, 11) is -3.26. The molecule has 0 bridgehead atoms. The highest BCUT2D eigenvalue weighted by Crippen LogP contribution is 2.26. The predicted octanol–water partition coefficient (Wildman–Crippen LogP) is 3.69. The Labute approximate surface area is 173 Å². The summed E-state index contributed by atoms with van der Waals surface area (Å²) in [5.41, 5.74) is 1.69. The lowest BCUT2D eigenvalue weighted by Crippen LogP contribution is -2.49. The van der Waals surface area contributed by atoms with Crippen LogP contribution in [0.25, 0.3) is 0 Å². The molecule has 0 aromatic heterocycles. The lowest BCUT2D eigenvalue weighted by Gasteiger charge is -2.23. The number of esters is 1. The molecule has 0 saturated heterocycles. The second-order valence-electron chi connectivity index (χ2n) is 6.77. The van der Waals surface area contributed by atoms with E-state index in [1.165, 1.54) is 45.2 Å². The zero-order chi connectivity index (χ0) is 22.7. The Morgan fingerprint density at radius 3 is 2.07 bits per heavy atom. The van der Waals surface area contributed by atoms with Gasteiger partial charge in [-0.3, -0.25) is 0 Å². The maximum atomic E-state index is 13.5. The van der Waals surface area contributed by atoms with Gasteiger partial charge in [-0.1, -0.05) is 17.7 Å². The molecule has 2 rings (SSSR count). The van der Waals surface area contributed by atoms with Crippen LogP contribution in [-0.2, 0) is 14.8 Å². The van der Waals surface area contributed by atoms with Crippen molar-refractivity contribution in [3.63, 3.8) is 0 Å². The fourth-order valence-corrected chi connectivity index (χ4v) is 4.68. The first-order chi connectivity index (χ1) is 13.8. The minimum absolute atomic E-state index is 0.0406. The summed E-state index contributed by atoms with van der Waals surface area (Å²) < 4.78 is 77.2.